The van der Waals surface area contributed by atoms with Crippen LogP contribution in [0.1, 0.15) is 25.5 Å². The second-order valence-corrected chi connectivity index (χ2v) is 8.51. The van der Waals surface area contributed by atoms with Gasteiger partial charge in [0.15, 0.2) is 11.5 Å². The molecule has 2 aromatic rings. The van der Waals surface area contributed by atoms with Crippen molar-refractivity contribution in [3.8, 4) is 17.2 Å². The summed E-state index contributed by atoms with van der Waals surface area (Å²) in [6.45, 7) is 3.94. The Labute approximate surface area is 177 Å². The fourth-order valence-corrected chi connectivity index (χ4v) is 3.75. The third-order valence-corrected chi connectivity index (χ3v) is 5.55. The minimum absolute atomic E-state index is 0.305. The number of rotatable bonds is 10. The van der Waals surface area contributed by atoms with Crippen molar-refractivity contribution in [2.24, 2.45) is 0 Å². The molecule has 0 spiro atoms. The molecule has 0 bridgehead atoms. The average Bonchev–Trinajstić information content (AvgIpc) is 2.71. The number of hydrogen-bond acceptors (Lipinski definition) is 6. The molecule has 30 heavy (non-hydrogen) atoms. The van der Waals surface area contributed by atoms with Crippen molar-refractivity contribution in [2.75, 3.05) is 37.9 Å². The minimum Gasteiger partial charge on any atom is -0.494 e. The number of nitrogens with zero attached hydrogens (tertiary/aromatic N) is 1. The Morgan fingerprint density at radius 3 is 2.23 bits per heavy atom. The maximum absolute atomic E-state index is 12.6. The summed E-state index contributed by atoms with van der Waals surface area (Å²) >= 11 is 0. The molecule has 1 N–H and O–H groups in total. The van der Waals surface area contributed by atoms with Gasteiger partial charge in [-0.2, -0.15) is 0 Å². The number of carbonyl (C=O) groups excluding carboxylic acids is 1. The Hall–Kier alpha value is -2.94. The molecule has 9 heteroatoms. The number of ether oxygens (including phenoxy) is 3. The van der Waals surface area contributed by atoms with Crippen molar-refractivity contribution in [2.45, 2.75) is 19.9 Å². The van der Waals surface area contributed by atoms with Crippen LogP contribution in [0.4, 0.5) is 5.69 Å². The Balaban J connectivity index is 2.16. The average molecular weight is 437 g/mol. The van der Waals surface area contributed by atoms with Crippen molar-refractivity contribution in [3.63, 3.8) is 0 Å². The van der Waals surface area contributed by atoms with Crippen molar-refractivity contribution >= 4 is 21.6 Å². The molecule has 0 saturated heterocycles. The predicted molar refractivity (Wildman–Crippen MR) is 116 cm³/mol. The van der Waals surface area contributed by atoms with Gasteiger partial charge in [0.05, 0.1) is 38.8 Å². The van der Waals surface area contributed by atoms with E-state index in [1.54, 1.807) is 12.1 Å². The number of hydrogen-bond donors (Lipinski definition) is 1. The first-order valence-electron chi connectivity index (χ1n) is 9.41. The number of benzene rings is 2. The number of sulfonamides is 1. The molecular weight excluding hydrogens is 408 g/mol. The molecule has 0 heterocycles. The van der Waals surface area contributed by atoms with E-state index in [1.165, 1.54) is 20.3 Å². The maximum Gasteiger partial charge on any atom is 0.241 e. The molecule has 164 valence electrons. The molecule has 2 rings (SSSR count). The second-order valence-electron chi connectivity index (χ2n) is 6.60. The molecule has 0 aliphatic rings. The molecule has 0 saturated carbocycles. The van der Waals surface area contributed by atoms with Crippen molar-refractivity contribution in [1.29, 1.82) is 0 Å². The van der Waals surface area contributed by atoms with Crippen LogP contribution in [0.2, 0.25) is 0 Å². The van der Waals surface area contributed by atoms with E-state index in [-0.39, 0.29) is 12.6 Å². The van der Waals surface area contributed by atoms with E-state index in [1.807, 2.05) is 38.1 Å². The lowest BCUT2D eigenvalue weighted by Crippen LogP contribution is -2.41. The molecule has 0 aliphatic heterocycles. The molecular formula is C21H28N2O6S. The van der Waals surface area contributed by atoms with Gasteiger partial charge >= 0.3 is 0 Å². The predicted octanol–water partition coefficient (Wildman–Crippen LogP) is 2.75. The molecule has 2 aromatic carbocycles. The van der Waals surface area contributed by atoms with Gasteiger partial charge in [0.1, 0.15) is 12.3 Å². The first-order chi connectivity index (χ1) is 14.2. The summed E-state index contributed by atoms with van der Waals surface area (Å²) in [7, 11) is -0.767. The standard InChI is InChI=1S/C21H28N2O6S/c1-6-29-18-10-7-16(8-11-18)15(2)22-21(24)14-23(30(5,25)26)17-9-12-19(27-3)20(13-17)28-4/h7-13,15H,6,14H2,1-5H3,(H,22,24)/t15-/m0/s1. The molecule has 0 unspecified atom stereocenters. The highest BCUT2D eigenvalue weighted by atomic mass is 32.2. The van der Waals surface area contributed by atoms with Gasteiger partial charge in [-0.1, -0.05) is 12.1 Å². The summed E-state index contributed by atoms with van der Waals surface area (Å²) in [5.74, 6) is 1.14. The molecule has 0 radical (unpaired) electrons. The first-order valence-corrected chi connectivity index (χ1v) is 11.3. The van der Waals surface area contributed by atoms with E-state index in [0.717, 1.165) is 21.9 Å². The number of nitrogens with one attached hydrogen (secondary N) is 1. The summed E-state index contributed by atoms with van der Waals surface area (Å²) in [6, 6.07) is 11.7. The van der Waals surface area contributed by atoms with E-state index in [2.05, 4.69) is 5.32 Å². The zero-order valence-electron chi connectivity index (χ0n) is 17.8. The van der Waals surface area contributed by atoms with E-state index in [4.69, 9.17) is 14.2 Å². The van der Waals surface area contributed by atoms with E-state index in [0.29, 0.717) is 23.8 Å². The Kier molecular flexibility index (Phi) is 7.93. The van der Waals surface area contributed by atoms with Crippen molar-refractivity contribution < 1.29 is 27.4 Å². The molecule has 0 aliphatic carbocycles. The normalized spacial score (nSPS) is 12.0. The van der Waals surface area contributed by atoms with Crippen molar-refractivity contribution in [1.82, 2.24) is 5.32 Å². The van der Waals surface area contributed by atoms with Crippen LogP contribution >= 0.6 is 0 Å². The smallest absolute Gasteiger partial charge is 0.241 e. The van der Waals surface area contributed by atoms with Crippen LogP contribution in [0, 0.1) is 0 Å². The van der Waals surface area contributed by atoms with E-state index < -0.39 is 15.9 Å². The zero-order chi connectivity index (χ0) is 22.3. The minimum atomic E-state index is -3.71. The number of carbonyl (C=O) groups is 1. The van der Waals surface area contributed by atoms with Crippen LogP contribution in [0.3, 0.4) is 0 Å². The van der Waals surface area contributed by atoms with Gasteiger partial charge in [0.2, 0.25) is 15.9 Å². The largest absolute Gasteiger partial charge is 0.494 e. The summed E-state index contributed by atoms with van der Waals surface area (Å²) < 4.78 is 41.5. The van der Waals surface area contributed by atoms with Crippen LogP contribution in [-0.2, 0) is 14.8 Å². The SMILES string of the molecule is CCOc1ccc([C@H](C)NC(=O)CN(c2ccc(OC)c(OC)c2)S(C)(=O)=O)cc1. The zero-order valence-corrected chi connectivity index (χ0v) is 18.7. The highest BCUT2D eigenvalue weighted by Gasteiger charge is 2.23. The van der Waals surface area contributed by atoms with Crippen LogP contribution in [0.15, 0.2) is 42.5 Å². The van der Waals surface area contributed by atoms with E-state index >= 15 is 0 Å². The second kappa shape index (κ2) is 10.2. The Bertz CT molecular complexity index is 960. The van der Waals surface area contributed by atoms with Gasteiger partial charge in [-0.25, -0.2) is 8.42 Å². The summed E-state index contributed by atoms with van der Waals surface area (Å²) in [4.78, 5) is 12.6. The molecule has 1 amide bonds. The van der Waals surface area contributed by atoms with Crippen LogP contribution < -0.4 is 23.8 Å². The fraction of sp³-hybridized carbons (Fsp3) is 0.381. The summed E-state index contributed by atoms with van der Waals surface area (Å²) in [6.07, 6.45) is 1.05. The molecule has 1 atom stereocenters. The maximum atomic E-state index is 12.6. The van der Waals surface area contributed by atoms with Gasteiger partial charge in [0.25, 0.3) is 0 Å². The molecule has 0 aromatic heterocycles. The Morgan fingerprint density at radius 1 is 1.07 bits per heavy atom. The lowest BCUT2D eigenvalue weighted by molar-refractivity contribution is -0.120. The highest BCUT2D eigenvalue weighted by Crippen LogP contribution is 2.32. The quantitative estimate of drug-likeness (QED) is 0.616. The lowest BCUT2D eigenvalue weighted by atomic mass is 10.1. The Morgan fingerprint density at radius 2 is 1.70 bits per heavy atom. The summed E-state index contributed by atoms with van der Waals surface area (Å²) in [5, 5.41) is 2.83. The van der Waals surface area contributed by atoms with Gasteiger partial charge in [-0.05, 0) is 43.7 Å². The number of methoxy groups -OCH3 is 2. The highest BCUT2D eigenvalue weighted by molar-refractivity contribution is 7.92. The number of amides is 1. The van der Waals surface area contributed by atoms with Crippen molar-refractivity contribution in [3.05, 3.63) is 48.0 Å². The third kappa shape index (κ3) is 6.03. The fourth-order valence-electron chi connectivity index (χ4n) is 2.90. The van der Waals surface area contributed by atoms with Gasteiger partial charge in [-0.15, -0.1) is 0 Å². The van der Waals surface area contributed by atoms with E-state index in [9.17, 15) is 13.2 Å². The van der Waals surface area contributed by atoms with Crippen LogP contribution in [0.25, 0.3) is 0 Å². The molecule has 0 fully saturated rings. The first kappa shape index (κ1) is 23.3. The molecule has 8 nitrogen and oxygen atoms in total. The van der Waals surface area contributed by atoms with Gasteiger partial charge in [-0.3, -0.25) is 9.10 Å². The van der Waals surface area contributed by atoms with Gasteiger partial charge < -0.3 is 19.5 Å². The monoisotopic (exact) mass is 436 g/mol. The summed E-state index contributed by atoms with van der Waals surface area (Å²) in [5.41, 5.74) is 1.18. The van der Waals surface area contributed by atoms with Crippen LogP contribution in [-0.4, -0.2) is 48.0 Å². The van der Waals surface area contributed by atoms with Crippen LogP contribution in [0.5, 0.6) is 17.2 Å². The van der Waals surface area contributed by atoms with Gasteiger partial charge in [0, 0.05) is 6.07 Å². The lowest BCUT2D eigenvalue weighted by Gasteiger charge is -2.24. The number of anilines is 1. The third-order valence-electron chi connectivity index (χ3n) is 4.41. The topological polar surface area (TPSA) is 94.2 Å².